The summed E-state index contributed by atoms with van der Waals surface area (Å²) in [4.78, 5) is 23.6. The second kappa shape index (κ2) is 8.80. The molecule has 1 N–H and O–H groups in total. The number of imidazole rings is 1. The number of para-hydroxylation sites is 1. The van der Waals surface area contributed by atoms with Gasteiger partial charge >= 0.3 is 5.76 Å². The van der Waals surface area contributed by atoms with Gasteiger partial charge in [0.25, 0.3) is 0 Å². The second-order valence-corrected chi connectivity index (χ2v) is 9.06. The zero-order chi connectivity index (χ0) is 24.8. The molecule has 3 aromatic heterocycles. The third kappa shape index (κ3) is 3.70. The third-order valence-corrected chi connectivity index (χ3v) is 6.77. The lowest BCUT2D eigenvalue weighted by Gasteiger charge is -2.15. The molecule has 9 heteroatoms. The van der Waals surface area contributed by atoms with Crippen molar-refractivity contribution >= 4 is 33.9 Å². The topological polar surface area (TPSA) is 98.8 Å². The second-order valence-electron chi connectivity index (χ2n) is 8.65. The molecular formula is C27H22ClN5O3. The van der Waals surface area contributed by atoms with Gasteiger partial charge in [-0.3, -0.25) is 9.51 Å². The van der Waals surface area contributed by atoms with Crippen LogP contribution >= 0.6 is 11.6 Å². The van der Waals surface area contributed by atoms with E-state index in [0.717, 1.165) is 57.0 Å². The number of allylic oxidation sites excluding steroid dienone is 1. The highest BCUT2D eigenvalue weighted by atomic mass is 35.5. The number of pyridine rings is 1. The summed E-state index contributed by atoms with van der Waals surface area (Å²) in [6, 6.07) is 16.0. The number of halogens is 1. The Labute approximate surface area is 211 Å². The minimum atomic E-state index is -0.591. The van der Waals surface area contributed by atoms with Gasteiger partial charge in [0.15, 0.2) is 11.5 Å². The lowest BCUT2D eigenvalue weighted by atomic mass is 9.89. The Balaban J connectivity index is 1.49. The van der Waals surface area contributed by atoms with Gasteiger partial charge in [-0.15, -0.1) is 0 Å². The monoisotopic (exact) mass is 499 g/mol. The van der Waals surface area contributed by atoms with E-state index in [9.17, 15) is 4.79 Å². The molecule has 0 amide bonds. The molecule has 2 aromatic carbocycles. The van der Waals surface area contributed by atoms with Crippen LogP contribution in [0.2, 0.25) is 5.02 Å². The summed E-state index contributed by atoms with van der Waals surface area (Å²) in [7, 11) is 0. The van der Waals surface area contributed by atoms with Gasteiger partial charge in [-0.05, 0) is 47.4 Å². The van der Waals surface area contributed by atoms with Crippen LogP contribution in [0.25, 0.3) is 22.3 Å². The molecule has 5 aromatic rings. The van der Waals surface area contributed by atoms with E-state index in [1.165, 1.54) is 0 Å². The van der Waals surface area contributed by atoms with Crippen molar-refractivity contribution in [1.29, 1.82) is 0 Å². The van der Waals surface area contributed by atoms with Crippen molar-refractivity contribution in [2.24, 2.45) is 0 Å². The van der Waals surface area contributed by atoms with Crippen molar-refractivity contribution in [2.75, 3.05) is 0 Å². The van der Waals surface area contributed by atoms with E-state index in [4.69, 9.17) is 25.8 Å². The number of hydrogen-bond acceptors (Lipinski definition) is 6. The number of aryl methyl sites for hydroxylation is 1. The van der Waals surface area contributed by atoms with Crippen molar-refractivity contribution in [2.45, 2.75) is 33.4 Å². The fourth-order valence-electron chi connectivity index (χ4n) is 4.77. The number of benzene rings is 2. The molecule has 0 bridgehead atoms. The van der Waals surface area contributed by atoms with E-state index in [1.54, 1.807) is 12.3 Å². The molecule has 6 rings (SSSR count). The Hall–Kier alpha value is -4.17. The lowest BCUT2D eigenvalue weighted by molar-refractivity contribution is 0.307. The Morgan fingerprint density at radius 3 is 2.83 bits per heavy atom. The Bertz CT molecular complexity index is 1710. The van der Waals surface area contributed by atoms with Crippen molar-refractivity contribution < 1.29 is 9.26 Å². The first-order valence-electron chi connectivity index (χ1n) is 11.6. The van der Waals surface area contributed by atoms with Crippen LogP contribution in [0, 0.1) is 0 Å². The largest absolute Gasteiger partial charge is 0.488 e. The first kappa shape index (κ1) is 22.3. The average molecular weight is 500 g/mol. The van der Waals surface area contributed by atoms with E-state index >= 15 is 0 Å². The molecule has 0 unspecified atom stereocenters. The van der Waals surface area contributed by atoms with Crippen LogP contribution in [0.3, 0.4) is 0 Å². The van der Waals surface area contributed by atoms with Crippen LogP contribution in [-0.4, -0.2) is 24.7 Å². The number of ether oxygens (including phenoxy) is 1. The molecule has 0 radical (unpaired) electrons. The minimum absolute atomic E-state index is 0.391. The summed E-state index contributed by atoms with van der Waals surface area (Å²) in [6.45, 7) is 4.99. The van der Waals surface area contributed by atoms with Crippen molar-refractivity contribution in [3.05, 3.63) is 104 Å². The molecule has 4 heterocycles. The number of fused-ring (bicyclic) bond motifs is 3. The van der Waals surface area contributed by atoms with E-state index in [-0.39, 0.29) is 0 Å². The standard InChI is InChI=1S/C27H22ClN5O3/c1-3-22-30-24-20(28)10-11-29-26(24)33(22)13-16-8-9-18-17(12-16)14-35-21-7-5-4-6-19(21)23(18)15(2)25-31-27(34)36-32-25/h4-12H,3,13-14H2,1-2H3,(H,31,32,34)/b23-15+. The smallest absolute Gasteiger partial charge is 0.439 e. The first-order valence-corrected chi connectivity index (χ1v) is 12.0. The molecule has 36 heavy (non-hydrogen) atoms. The number of aromatic nitrogens is 5. The molecule has 0 aliphatic carbocycles. The quantitative estimate of drug-likeness (QED) is 0.363. The number of aromatic amines is 1. The molecule has 8 nitrogen and oxygen atoms in total. The molecule has 0 spiro atoms. The number of nitrogens with zero attached hydrogens (tertiary/aromatic N) is 4. The maximum atomic E-state index is 11.6. The first-order chi connectivity index (χ1) is 17.5. The number of H-pyrrole nitrogens is 1. The van der Waals surface area contributed by atoms with E-state index < -0.39 is 5.76 Å². The van der Waals surface area contributed by atoms with Crippen LogP contribution in [0.1, 0.15) is 47.8 Å². The van der Waals surface area contributed by atoms with Gasteiger partial charge in [0.1, 0.15) is 23.7 Å². The van der Waals surface area contributed by atoms with Crippen LogP contribution in [0.15, 0.2) is 64.0 Å². The molecule has 1 aliphatic rings. The van der Waals surface area contributed by atoms with E-state index in [0.29, 0.717) is 29.5 Å². The highest BCUT2D eigenvalue weighted by Crippen LogP contribution is 2.40. The summed E-state index contributed by atoms with van der Waals surface area (Å²) >= 11 is 6.39. The van der Waals surface area contributed by atoms with E-state index in [1.807, 2.05) is 31.2 Å². The van der Waals surface area contributed by atoms with Crippen LogP contribution in [0.4, 0.5) is 0 Å². The molecule has 0 atom stereocenters. The zero-order valence-corrected chi connectivity index (χ0v) is 20.5. The third-order valence-electron chi connectivity index (χ3n) is 6.47. The lowest BCUT2D eigenvalue weighted by Crippen LogP contribution is -2.07. The molecule has 0 fully saturated rings. The summed E-state index contributed by atoms with van der Waals surface area (Å²) in [5.41, 5.74) is 7.26. The summed E-state index contributed by atoms with van der Waals surface area (Å²) in [6.07, 6.45) is 2.47. The van der Waals surface area contributed by atoms with Gasteiger partial charge in [0, 0.05) is 23.8 Å². The molecule has 0 saturated heterocycles. The maximum absolute atomic E-state index is 11.6. The van der Waals surface area contributed by atoms with Crippen LogP contribution in [-0.2, 0) is 19.6 Å². The minimum Gasteiger partial charge on any atom is -0.488 e. The normalized spacial score (nSPS) is 14.2. The van der Waals surface area contributed by atoms with Gasteiger partial charge in [0.2, 0.25) is 0 Å². The van der Waals surface area contributed by atoms with Crippen molar-refractivity contribution in [3.63, 3.8) is 0 Å². The number of nitrogens with one attached hydrogen (secondary N) is 1. The highest BCUT2D eigenvalue weighted by Gasteiger charge is 2.23. The summed E-state index contributed by atoms with van der Waals surface area (Å²) < 4.78 is 13.1. The van der Waals surface area contributed by atoms with Crippen molar-refractivity contribution in [3.8, 4) is 5.75 Å². The van der Waals surface area contributed by atoms with Gasteiger partial charge in [-0.2, -0.15) is 0 Å². The predicted octanol–water partition coefficient (Wildman–Crippen LogP) is 5.24. The van der Waals surface area contributed by atoms with Gasteiger partial charge in [-0.25, -0.2) is 14.8 Å². The molecule has 180 valence electrons. The van der Waals surface area contributed by atoms with E-state index in [2.05, 4.69) is 44.8 Å². The van der Waals surface area contributed by atoms with Crippen LogP contribution < -0.4 is 10.5 Å². The summed E-state index contributed by atoms with van der Waals surface area (Å²) in [5, 5.41) is 4.52. The van der Waals surface area contributed by atoms with Gasteiger partial charge < -0.3 is 9.30 Å². The number of hydrogen-bond donors (Lipinski definition) is 1. The number of rotatable bonds is 4. The Morgan fingerprint density at radius 2 is 2.03 bits per heavy atom. The fourth-order valence-corrected chi connectivity index (χ4v) is 4.96. The van der Waals surface area contributed by atoms with Crippen molar-refractivity contribution in [1.82, 2.24) is 24.7 Å². The SMILES string of the molecule is CCc1nc2c(Cl)ccnc2n1Cc1ccc2c(c1)COc1ccccc1/C2=C(\C)c1noc(=O)[nH]1. The zero-order valence-electron chi connectivity index (χ0n) is 19.7. The van der Waals surface area contributed by atoms with Crippen LogP contribution in [0.5, 0.6) is 5.75 Å². The predicted molar refractivity (Wildman–Crippen MR) is 137 cm³/mol. The molecule has 0 saturated carbocycles. The molecule has 1 aliphatic heterocycles. The summed E-state index contributed by atoms with van der Waals surface area (Å²) in [5.74, 6) is 1.49. The fraction of sp³-hybridized carbons (Fsp3) is 0.185. The highest BCUT2D eigenvalue weighted by molar-refractivity contribution is 6.34. The Kier molecular flexibility index (Phi) is 5.45. The molecular weight excluding hydrogens is 478 g/mol. The van der Waals surface area contributed by atoms with Gasteiger partial charge in [0.05, 0.1) is 11.6 Å². The Morgan fingerprint density at radius 1 is 1.17 bits per heavy atom. The van der Waals surface area contributed by atoms with Gasteiger partial charge in [-0.1, -0.05) is 54.0 Å². The average Bonchev–Trinajstić information content (AvgIpc) is 3.44. The maximum Gasteiger partial charge on any atom is 0.439 e.